The Balaban J connectivity index is 1.97. The minimum atomic E-state index is 0.125. The molecule has 1 aromatic heterocycles. The third-order valence-electron chi connectivity index (χ3n) is 3.09. The zero-order valence-corrected chi connectivity index (χ0v) is 10.6. The smallest absolute Gasteiger partial charge is 0.125 e. The van der Waals surface area contributed by atoms with Gasteiger partial charge in [-0.05, 0) is 38.8 Å². The summed E-state index contributed by atoms with van der Waals surface area (Å²) < 4.78 is 5.80. The molecule has 0 amide bonds. The topological polar surface area (TPSA) is 47.0 Å². The summed E-state index contributed by atoms with van der Waals surface area (Å²) in [5.41, 5.74) is 1.01. The van der Waals surface area contributed by atoms with Crippen molar-refractivity contribution in [2.45, 2.75) is 45.3 Å². The van der Waals surface area contributed by atoms with Crippen LogP contribution >= 0.6 is 0 Å². The second-order valence-electron chi connectivity index (χ2n) is 4.56. The molecule has 0 radical (unpaired) electrons. The third-order valence-corrected chi connectivity index (χ3v) is 3.09. The van der Waals surface area contributed by atoms with Gasteiger partial charge in [-0.2, -0.15) is 0 Å². The lowest BCUT2D eigenvalue weighted by Crippen LogP contribution is -2.36. The monoisotopic (exact) mass is 235 g/mol. The van der Waals surface area contributed by atoms with E-state index in [1.54, 1.807) is 0 Å². The van der Waals surface area contributed by atoms with E-state index in [2.05, 4.69) is 22.2 Å². The highest BCUT2D eigenvalue weighted by atomic mass is 16.5. The van der Waals surface area contributed by atoms with Crippen LogP contribution in [-0.4, -0.2) is 29.2 Å². The van der Waals surface area contributed by atoms with Gasteiger partial charge in [0.2, 0.25) is 0 Å². The van der Waals surface area contributed by atoms with E-state index in [4.69, 9.17) is 4.74 Å². The first-order valence-electron chi connectivity index (χ1n) is 6.44. The minimum absolute atomic E-state index is 0.125. The maximum Gasteiger partial charge on any atom is 0.125 e. The molecule has 2 rings (SSSR count). The molecular formula is C13H21N3O. The van der Waals surface area contributed by atoms with Crippen LogP contribution < -0.4 is 5.32 Å². The van der Waals surface area contributed by atoms with E-state index in [0.717, 1.165) is 37.5 Å². The van der Waals surface area contributed by atoms with Gasteiger partial charge in [0.25, 0.3) is 0 Å². The molecule has 2 atom stereocenters. The molecule has 1 aliphatic rings. The highest BCUT2D eigenvalue weighted by molar-refractivity contribution is 5.06. The van der Waals surface area contributed by atoms with E-state index in [9.17, 15) is 0 Å². The summed E-state index contributed by atoms with van der Waals surface area (Å²) in [5.74, 6) is 0.815. The number of aryl methyl sites for hydroxylation is 1. The van der Waals surface area contributed by atoms with Crippen LogP contribution in [0.4, 0.5) is 0 Å². The van der Waals surface area contributed by atoms with Crippen molar-refractivity contribution in [1.82, 2.24) is 15.3 Å². The molecule has 0 aromatic carbocycles. The van der Waals surface area contributed by atoms with Crippen molar-refractivity contribution in [3.8, 4) is 0 Å². The van der Waals surface area contributed by atoms with Gasteiger partial charge in [-0.3, -0.25) is 0 Å². The number of hydrogen-bond donors (Lipinski definition) is 1. The molecule has 94 valence electrons. The Morgan fingerprint density at radius 1 is 1.53 bits per heavy atom. The zero-order valence-electron chi connectivity index (χ0n) is 10.6. The van der Waals surface area contributed by atoms with Crippen molar-refractivity contribution in [2.24, 2.45) is 0 Å². The van der Waals surface area contributed by atoms with Gasteiger partial charge in [-0.15, -0.1) is 0 Å². The van der Waals surface area contributed by atoms with Crippen molar-refractivity contribution < 1.29 is 4.74 Å². The number of hydrogen-bond acceptors (Lipinski definition) is 4. The number of nitrogens with one attached hydrogen (secondary N) is 1. The Morgan fingerprint density at radius 3 is 3.18 bits per heavy atom. The molecule has 1 fully saturated rings. The lowest BCUT2D eigenvalue weighted by molar-refractivity contribution is -0.00228. The zero-order chi connectivity index (χ0) is 12.1. The molecule has 17 heavy (non-hydrogen) atoms. The number of aromatic nitrogens is 2. The second-order valence-corrected chi connectivity index (χ2v) is 4.56. The molecule has 2 heterocycles. The number of ether oxygens (including phenoxy) is 1. The molecule has 4 heteroatoms. The van der Waals surface area contributed by atoms with E-state index in [1.165, 1.54) is 6.42 Å². The van der Waals surface area contributed by atoms with Crippen molar-refractivity contribution in [3.63, 3.8) is 0 Å². The third kappa shape index (κ3) is 3.48. The summed E-state index contributed by atoms with van der Waals surface area (Å²) in [7, 11) is 0. The Kier molecular flexibility index (Phi) is 4.45. The highest BCUT2D eigenvalue weighted by Crippen LogP contribution is 2.26. The second kappa shape index (κ2) is 6.07. The Morgan fingerprint density at radius 2 is 2.41 bits per heavy atom. The first kappa shape index (κ1) is 12.5. The van der Waals surface area contributed by atoms with Crippen LogP contribution in [0, 0.1) is 6.92 Å². The predicted octanol–water partition coefficient (Wildman–Crippen LogP) is 2.00. The quantitative estimate of drug-likeness (QED) is 0.867. The summed E-state index contributed by atoms with van der Waals surface area (Å²) in [5, 5.41) is 3.56. The lowest BCUT2D eigenvalue weighted by atomic mass is 10.0. The van der Waals surface area contributed by atoms with Crippen LogP contribution in [0.3, 0.4) is 0 Å². The fraction of sp³-hybridized carbons (Fsp3) is 0.692. The van der Waals surface area contributed by atoms with Gasteiger partial charge in [0, 0.05) is 18.8 Å². The predicted molar refractivity (Wildman–Crippen MR) is 66.8 cm³/mol. The standard InChI is InChI=1S/C13H21N3O/c1-3-6-15-11-5-8-17-13(9-11)12-4-7-14-10(2)16-12/h4,7,11,13,15H,3,5-6,8-9H2,1-2H3. The van der Waals surface area contributed by atoms with Gasteiger partial charge < -0.3 is 10.1 Å². The van der Waals surface area contributed by atoms with Crippen LogP contribution in [-0.2, 0) is 4.74 Å². The molecule has 0 saturated carbocycles. The van der Waals surface area contributed by atoms with E-state index < -0.39 is 0 Å². The molecular weight excluding hydrogens is 214 g/mol. The summed E-state index contributed by atoms with van der Waals surface area (Å²) in [6.07, 6.45) is 5.22. The Labute approximate surface area is 103 Å². The fourth-order valence-corrected chi connectivity index (χ4v) is 2.19. The number of nitrogens with zero attached hydrogens (tertiary/aromatic N) is 2. The fourth-order valence-electron chi connectivity index (χ4n) is 2.19. The van der Waals surface area contributed by atoms with Gasteiger partial charge >= 0.3 is 0 Å². The summed E-state index contributed by atoms with van der Waals surface area (Å²) in [4.78, 5) is 8.57. The molecule has 0 bridgehead atoms. The normalized spacial score (nSPS) is 24.8. The molecule has 1 aromatic rings. The molecule has 2 unspecified atom stereocenters. The average Bonchev–Trinajstić information content (AvgIpc) is 2.37. The molecule has 4 nitrogen and oxygen atoms in total. The van der Waals surface area contributed by atoms with Crippen molar-refractivity contribution >= 4 is 0 Å². The van der Waals surface area contributed by atoms with E-state index in [-0.39, 0.29) is 6.10 Å². The first-order valence-corrected chi connectivity index (χ1v) is 6.44. The van der Waals surface area contributed by atoms with E-state index >= 15 is 0 Å². The van der Waals surface area contributed by atoms with Gasteiger partial charge in [0.1, 0.15) is 11.9 Å². The molecule has 1 saturated heterocycles. The maximum atomic E-state index is 5.80. The Bertz CT molecular complexity index is 356. The summed E-state index contributed by atoms with van der Waals surface area (Å²) in [6, 6.07) is 2.52. The van der Waals surface area contributed by atoms with Gasteiger partial charge in [-0.1, -0.05) is 6.92 Å². The molecule has 0 spiro atoms. The largest absolute Gasteiger partial charge is 0.372 e. The highest BCUT2D eigenvalue weighted by Gasteiger charge is 2.24. The van der Waals surface area contributed by atoms with Gasteiger partial charge in [0.05, 0.1) is 5.69 Å². The van der Waals surface area contributed by atoms with Crippen LogP contribution in [0.2, 0.25) is 0 Å². The van der Waals surface area contributed by atoms with Crippen LogP contribution in [0.25, 0.3) is 0 Å². The van der Waals surface area contributed by atoms with Crippen LogP contribution in [0.15, 0.2) is 12.3 Å². The Hall–Kier alpha value is -1.00. The van der Waals surface area contributed by atoms with Crippen molar-refractivity contribution in [1.29, 1.82) is 0 Å². The van der Waals surface area contributed by atoms with Crippen molar-refractivity contribution in [2.75, 3.05) is 13.2 Å². The number of rotatable bonds is 4. The van der Waals surface area contributed by atoms with E-state index in [1.807, 2.05) is 19.2 Å². The minimum Gasteiger partial charge on any atom is -0.372 e. The van der Waals surface area contributed by atoms with E-state index in [0.29, 0.717) is 6.04 Å². The average molecular weight is 235 g/mol. The van der Waals surface area contributed by atoms with Crippen LogP contribution in [0.1, 0.15) is 43.8 Å². The molecule has 0 aliphatic carbocycles. The summed E-state index contributed by atoms with van der Waals surface area (Å²) in [6.45, 7) is 6.01. The maximum absolute atomic E-state index is 5.80. The van der Waals surface area contributed by atoms with Gasteiger partial charge in [0.15, 0.2) is 0 Å². The molecule has 1 aliphatic heterocycles. The van der Waals surface area contributed by atoms with Gasteiger partial charge in [-0.25, -0.2) is 9.97 Å². The SMILES string of the molecule is CCCNC1CCOC(c2ccnc(C)n2)C1. The first-order chi connectivity index (χ1) is 8.29. The summed E-state index contributed by atoms with van der Waals surface area (Å²) >= 11 is 0. The lowest BCUT2D eigenvalue weighted by Gasteiger charge is -2.29. The van der Waals surface area contributed by atoms with Crippen molar-refractivity contribution in [3.05, 3.63) is 23.8 Å². The molecule has 1 N–H and O–H groups in total. The van der Waals surface area contributed by atoms with Crippen LogP contribution in [0.5, 0.6) is 0 Å².